The Labute approximate surface area is 152 Å². The van der Waals surface area contributed by atoms with Gasteiger partial charge in [-0.1, -0.05) is 18.6 Å². The number of nitrogens with zero attached hydrogens (tertiary/aromatic N) is 1. The summed E-state index contributed by atoms with van der Waals surface area (Å²) in [5, 5.41) is 0. The van der Waals surface area contributed by atoms with E-state index in [2.05, 4.69) is 0 Å². The smallest absolute Gasteiger partial charge is 0.421 e. The quantitative estimate of drug-likeness (QED) is 0.714. The van der Waals surface area contributed by atoms with E-state index < -0.39 is 11.7 Å². The van der Waals surface area contributed by atoms with Gasteiger partial charge in [-0.25, -0.2) is 9.69 Å². The zero-order valence-electron chi connectivity index (χ0n) is 15.3. The molecule has 0 bridgehead atoms. The largest absolute Gasteiger partial charge is 0.464 e. The lowest BCUT2D eigenvalue weighted by Gasteiger charge is -2.36. The molecule has 1 aliphatic carbocycles. The Balaban J connectivity index is 1.81. The van der Waals surface area contributed by atoms with Crippen molar-refractivity contribution in [1.82, 2.24) is 0 Å². The summed E-state index contributed by atoms with van der Waals surface area (Å²) in [6, 6.07) is 9.57. The van der Waals surface area contributed by atoms with Crippen LogP contribution in [0.3, 0.4) is 0 Å². The number of furan rings is 1. The summed E-state index contributed by atoms with van der Waals surface area (Å²) in [6.45, 7) is 5.41. The fourth-order valence-electron chi connectivity index (χ4n) is 4.06. The van der Waals surface area contributed by atoms with Crippen LogP contribution in [-0.4, -0.2) is 17.6 Å². The first-order valence-corrected chi connectivity index (χ1v) is 9.10. The van der Waals surface area contributed by atoms with Crippen LogP contribution in [0.25, 0.3) is 11.3 Å². The number of rotatable bonds is 1. The lowest BCUT2D eigenvalue weighted by Crippen LogP contribution is -2.47. The molecule has 1 aliphatic heterocycles. The van der Waals surface area contributed by atoms with Crippen molar-refractivity contribution in [2.45, 2.75) is 51.6 Å². The maximum atomic E-state index is 13.1. The van der Waals surface area contributed by atoms with Crippen molar-refractivity contribution >= 4 is 17.7 Å². The minimum absolute atomic E-state index is 0.135. The van der Waals surface area contributed by atoms with E-state index in [1.807, 2.05) is 30.3 Å². The molecule has 2 amide bonds. The molecular formula is C21H23NO4. The molecule has 2 heterocycles. The summed E-state index contributed by atoms with van der Waals surface area (Å²) < 4.78 is 11.0. The van der Waals surface area contributed by atoms with Gasteiger partial charge in [-0.05, 0) is 63.3 Å². The predicted octanol–water partition coefficient (Wildman–Crippen LogP) is 5.11. The van der Waals surface area contributed by atoms with E-state index in [0.717, 1.165) is 30.4 Å². The maximum Gasteiger partial charge on any atom is 0.421 e. The molecule has 0 N–H and O–H groups in total. The zero-order valence-corrected chi connectivity index (χ0v) is 15.3. The van der Waals surface area contributed by atoms with Gasteiger partial charge in [0.2, 0.25) is 5.91 Å². The molecule has 2 atom stereocenters. The van der Waals surface area contributed by atoms with Gasteiger partial charge in [-0.15, -0.1) is 0 Å². The molecule has 1 saturated carbocycles. The fraction of sp³-hybridized carbons (Fsp3) is 0.429. The summed E-state index contributed by atoms with van der Waals surface area (Å²) in [5.41, 5.74) is 1.85. The van der Waals surface area contributed by atoms with Crippen LogP contribution in [0, 0.1) is 5.92 Å². The standard InChI is InChI=1S/C21H23NO4/c1-21(2,3)26-20(24)22-17-12-13(18-8-5-11-25-18)9-10-15(17)14-6-4-7-16(14)19(22)23/h5,8-12,14,16H,4,6-7H2,1-3H3. The molecule has 136 valence electrons. The molecular weight excluding hydrogens is 330 g/mol. The molecule has 0 saturated heterocycles. The summed E-state index contributed by atoms with van der Waals surface area (Å²) >= 11 is 0. The van der Waals surface area contributed by atoms with Gasteiger partial charge in [0.15, 0.2) is 0 Å². The van der Waals surface area contributed by atoms with Crippen LogP contribution in [0.5, 0.6) is 0 Å². The first-order valence-electron chi connectivity index (χ1n) is 9.10. The molecule has 2 unspecified atom stereocenters. The number of amides is 2. The molecule has 4 rings (SSSR count). The number of carbonyl (C=O) groups is 2. The van der Waals surface area contributed by atoms with E-state index in [1.165, 1.54) is 4.90 Å². The number of ether oxygens (including phenoxy) is 1. The minimum atomic E-state index is -0.664. The number of hydrogen-bond donors (Lipinski definition) is 0. The monoisotopic (exact) mass is 353 g/mol. The van der Waals surface area contributed by atoms with Crippen molar-refractivity contribution in [3.8, 4) is 11.3 Å². The van der Waals surface area contributed by atoms with Crippen LogP contribution in [0.15, 0.2) is 41.0 Å². The van der Waals surface area contributed by atoms with E-state index in [9.17, 15) is 9.59 Å². The summed E-state index contributed by atoms with van der Waals surface area (Å²) in [6.07, 6.45) is 3.81. The fourth-order valence-corrected chi connectivity index (χ4v) is 4.06. The van der Waals surface area contributed by atoms with Gasteiger partial charge >= 0.3 is 6.09 Å². The molecule has 1 aromatic carbocycles. The Bertz CT molecular complexity index is 847. The lowest BCUT2D eigenvalue weighted by atomic mass is 9.82. The highest BCUT2D eigenvalue weighted by Gasteiger charge is 2.46. The molecule has 2 aliphatic rings. The summed E-state index contributed by atoms with van der Waals surface area (Å²) in [4.78, 5) is 27.2. The van der Waals surface area contributed by atoms with Gasteiger partial charge in [-0.2, -0.15) is 0 Å². The van der Waals surface area contributed by atoms with E-state index in [0.29, 0.717) is 11.4 Å². The van der Waals surface area contributed by atoms with Crippen LogP contribution >= 0.6 is 0 Å². The van der Waals surface area contributed by atoms with Crippen molar-refractivity contribution in [1.29, 1.82) is 0 Å². The van der Waals surface area contributed by atoms with Crippen LogP contribution in [0.1, 0.15) is 51.5 Å². The lowest BCUT2D eigenvalue weighted by molar-refractivity contribution is -0.122. The molecule has 2 aromatic rings. The van der Waals surface area contributed by atoms with Crippen LogP contribution in [0.2, 0.25) is 0 Å². The average Bonchev–Trinajstić information content (AvgIpc) is 3.25. The van der Waals surface area contributed by atoms with Gasteiger partial charge in [-0.3, -0.25) is 4.79 Å². The Kier molecular flexibility index (Phi) is 3.90. The molecule has 0 spiro atoms. The Hall–Kier alpha value is -2.56. The second-order valence-corrected chi connectivity index (χ2v) is 8.05. The van der Waals surface area contributed by atoms with Crippen molar-refractivity contribution in [3.05, 3.63) is 42.2 Å². The zero-order chi connectivity index (χ0) is 18.5. The molecule has 26 heavy (non-hydrogen) atoms. The minimum Gasteiger partial charge on any atom is -0.464 e. The van der Waals surface area contributed by atoms with Crippen LogP contribution in [0.4, 0.5) is 10.5 Å². The highest BCUT2D eigenvalue weighted by Crippen LogP contribution is 2.49. The third kappa shape index (κ3) is 2.81. The maximum absolute atomic E-state index is 13.1. The topological polar surface area (TPSA) is 59.8 Å². The van der Waals surface area contributed by atoms with Gasteiger partial charge in [0.25, 0.3) is 0 Å². The van der Waals surface area contributed by atoms with Crippen molar-refractivity contribution in [3.63, 3.8) is 0 Å². The Morgan fingerprint density at radius 1 is 1.19 bits per heavy atom. The van der Waals surface area contributed by atoms with E-state index in [-0.39, 0.29) is 17.7 Å². The second-order valence-electron chi connectivity index (χ2n) is 8.05. The van der Waals surface area contributed by atoms with Crippen LogP contribution < -0.4 is 4.90 Å². The number of imide groups is 1. The SMILES string of the molecule is CC(C)(C)OC(=O)N1C(=O)C2CCCC2c2ccc(-c3ccco3)cc21. The Morgan fingerprint density at radius 3 is 2.65 bits per heavy atom. The van der Waals surface area contributed by atoms with Crippen molar-refractivity contribution in [2.24, 2.45) is 5.92 Å². The van der Waals surface area contributed by atoms with E-state index in [4.69, 9.17) is 9.15 Å². The third-order valence-electron chi connectivity index (χ3n) is 5.11. The van der Waals surface area contributed by atoms with Crippen LogP contribution in [-0.2, 0) is 9.53 Å². The molecule has 0 radical (unpaired) electrons. The van der Waals surface area contributed by atoms with E-state index >= 15 is 0 Å². The van der Waals surface area contributed by atoms with Crippen molar-refractivity contribution < 1.29 is 18.7 Å². The third-order valence-corrected chi connectivity index (χ3v) is 5.11. The van der Waals surface area contributed by atoms with Gasteiger partial charge in [0.05, 0.1) is 12.0 Å². The van der Waals surface area contributed by atoms with E-state index in [1.54, 1.807) is 27.0 Å². The molecule has 1 fully saturated rings. The predicted molar refractivity (Wildman–Crippen MR) is 97.9 cm³/mol. The van der Waals surface area contributed by atoms with Crippen molar-refractivity contribution in [2.75, 3.05) is 4.90 Å². The molecule has 5 heteroatoms. The highest BCUT2D eigenvalue weighted by atomic mass is 16.6. The summed E-state index contributed by atoms with van der Waals surface area (Å²) in [5.74, 6) is 0.607. The average molecular weight is 353 g/mol. The van der Waals surface area contributed by atoms with Gasteiger partial charge in [0.1, 0.15) is 11.4 Å². The summed E-state index contributed by atoms with van der Waals surface area (Å²) in [7, 11) is 0. The number of hydrogen-bond acceptors (Lipinski definition) is 4. The van der Waals surface area contributed by atoms with Gasteiger partial charge < -0.3 is 9.15 Å². The second kappa shape index (κ2) is 6.01. The number of fused-ring (bicyclic) bond motifs is 3. The highest BCUT2D eigenvalue weighted by molar-refractivity contribution is 6.15. The molecule has 1 aromatic heterocycles. The first-order chi connectivity index (χ1) is 12.3. The van der Waals surface area contributed by atoms with Gasteiger partial charge in [0, 0.05) is 11.5 Å². The molecule has 5 nitrogen and oxygen atoms in total. The first kappa shape index (κ1) is 16.9. The number of benzene rings is 1. The Morgan fingerprint density at radius 2 is 1.96 bits per heavy atom. The normalized spacial score (nSPS) is 22.1. The number of anilines is 1. The number of carbonyl (C=O) groups excluding carboxylic acids is 2.